The highest BCUT2D eigenvalue weighted by atomic mass is 28.3. The molecule has 0 aliphatic carbocycles. The van der Waals surface area contributed by atoms with Crippen molar-refractivity contribution < 1.29 is 0 Å². The van der Waals surface area contributed by atoms with Gasteiger partial charge in [0.2, 0.25) is 0 Å². The van der Waals surface area contributed by atoms with Crippen LogP contribution >= 0.6 is 0 Å². The van der Waals surface area contributed by atoms with Crippen LogP contribution in [0, 0.1) is 0 Å². The molecule has 11 heavy (non-hydrogen) atoms. The normalized spacial score (nSPS) is 13.7. The van der Waals surface area contributed by atoms with E-state index in [1.807, 2.05) is 0 Å². The maximum atomic E-state index is 4.70. The first kappa shape index (κ1) is 10.9. The Kier molecular flexibility index (Phi) is 4.65. The van der Waals surface area contributed by atoms with Crippen LogP contribution in [0.5, 0.6) is 0 Å². The van der Waals surface area contributed by atoms with E-state index in [0.29, 0.717) is 0 Å². The third kappa shape index (κ3) is 7.79. The molecule has 2 heteroatoms. The van der Waals surface area contributed by atoms with Crippen LogP contribution in [-0.2, 0) is 0 Å². The highest BCUT2D eigenvalue weighted by Gasteiger charge is 2.10. The first-order chi connectivity index (χ1) is 4.95. The predicted octanol–water partition coefficient (Wildman–Crippen LogP) is 3.47. The topological polar surface area (TPSA) is 12.4 Å². The van der Waals surface area contributed by atoms with E-state index in [2.05, 4.69) is 33.5 Å². The summed E-state index contributed by atoms with van der Waals surface area (Å²) in [5, 5.41) is 0. The first-order valence-corrected chi connectivity index (χ1v) is 7.96. The van der Waals surface area contributed by atoms with Crippen molar-refractivity contribution in [2.24, 2.45) is 4.66 Å². The Morgan fingerprint density at radius 1 is 1.27 bits per heavy atom. The van der Waals surface area contributed by atoms with E-state index in [1.54, 1.807) is 0 Å². The lowest BCUT2D eigenvalue weighted by Crippen LogP contribution is -2.18. The van der Waals surface area contributed by atoms with E-state index >= 15 is 0 Å². The van der Waals surface area contributed by atoms with Gasteiger partial charge < -0.3 is 4.66 Å². The van der Waals surface area contributed by atoms with Gasteiger partial charge in [0.05, 0.1) is 0 Å². The van der Waals surface area contributed by atoms with Crippen LogP contribution in [0.3, 0.4) is 0 Å². The Morgan fingerprint density at radius 2 is 1.82 bits per heavy atom. The van der Waals surface area contributed by atoms with Crippen LogP contribution < -0.4 is 0 Å². The van der Waals surface area contributed by atoms with Crippen molar-refractivity contribution in [3.8, 4) is 0 Å². The smallest absolute Gasteiger partial charge is 0.172 e. The van der Waals surface area contributed by atoms with Crippen molar-refractivity contribution in [2.45, 2.75) is 52.8 Å². The summed E-state index contributed by atoms with van der Waals surface area (Å²) in [7, 11) is -1.18. The van der Waals surface area contributed by atoms with Crippen molar-refractivity contribution >= 4 is 13.9 Å². The van der Waals surface area contributed by atoms with Crippen molar-refractivity contribution in [3.05, 3.63) is 0 Å². The van der Waals surface area contributed by atoms with E-state index in [9.17, 15) is 0 Å². The quantitative estimate of drug-likeness (QED) is 0.454. The van der Waals surface area contributed by atoms with Crippen LogP contribution in [-0.4, -0.2) is 13.9 Å². The lowest BCUT2D eigenvalue weighted by Gasteiger charge is -2.10. The maximum absolute atomic E-state index is 4.70. The summed E-state index contributed by atoms with van der Waals surface area (Å²) in [6.45, 7) is 11.2. The summed E-state index contributed by atoms with van der Waals surface area (Å²) in [5.41, 5.74) is 1.35. The molecule has 1 nitrogen and oxygen atoms in total. The highest BCUT2D eigenvalue weighted by Crippen LogP contribution is 2.05. The molecule has 0 aromatic rings. The van der Waals surface area contributed by atoms with Gasteiger partial charge in [0.1, 0.15) is 0 Å². The lowest BCUT2D eigenvalue weighted by atomic mass is 10.2. The summed E-state index contributed by atoms with van der Waals surface area (Å²) < 4.78 is 4.70. The van der Waals surface area contributed by atoms with Gasteiger partial charge in [-0.1, -0.05) is 13.3 Å². The third-order valence-corrected chi connectivity index (χ3v) is 2.47. The van der Waals surface area contributed by atoms with Gasteiger partial charge in [0, 0.05) is 0 Å². The fraction of sp³-hybridized carbons (Fsp3) is 0.889. The Labute approximate surface area is 72.0 Å². The fourth-order valence-corrected chi connectivity index (χ4v) is 2.32. The minimum Gasteiger partial charge on any atom is -0.331 e. The van der Waals surface area contributed by atoms with Gasteiger partial charge in [-0.15, -0.1) is 0 Å². The van der Waals surface area contributed by atoms with Gasteiger partial charge in [-0.2, -0.15) is 0 Å². The highest BCUT2D eigenvalue weighted by molar-refractivity contribution is 6.75. The molecule has 0 aromatic carbocycles. The zero-order valence-electron chi connectivity index (χ0n) is 8.57. The van der Waals surface area contributed by atoms with E-state index in [1.165, 1.54) is 25.0 Å². The largest absolute Gasteiger partial charge is 0.331 e. The van der Waals surface area contributed by atoms with Gasteiger partial charge in [-0.25, -0.2) is 0 Å². The minimum absolute atomic E-state index is 1.18. The lowest BCUT2D eigenvalue weighted by molar-refractivity contribution is 0.833. The molecule has 0 saturated heterocycles. The van der Waals surface area contributed by atoms with Crippen molar-refractivity contribution in [3.63, 3.8) is 0 Å². The number of nitrogens with zero attached hydrogens (tertiary/aromatic N) is 1. The second-order valence-electron chi connectivity index (χ2n) is 4.12. The van der Waals surface area contributed by atoms with Crippen molar-refractivity contribution in [1.82, 2.24) is 0 Å². The molecule has 0 aliphatic heterocycles. The average Bonchev–Trinajstić information content (AvgIpc) is 1.79. The second-order valence-corrected chi connectivity index (χ2v) is 8.69. The number of hydrogen-bond donors (Lipinski definition) is 0. The SMILES string of the molecule is CCCC/C(C)=N/[Si](C)(C)C. The van der Waals surface area contributed by atoms with Gasteiger partial charge in [-0.3, -0.25) is 0 Å². The van der Waals surface area contributed by atoms with Gasteiger partial charge in [0.25, 0.3) is 0 Å². The minimum atomic E-state index is -1.18. The zero-order valence-corrected chi connectivity index (χ0v) is 9.57. The molecular formula is C9H21NSi. The van der Waals surface area contributed by atoms with Gasteiger partial charge in [-0.05, 0) is 45.1 Å². The average molecular weight is 171 g/mol. The Hall–Kier alpha value is -0.113. The van der Waals surface area contributed by atoms with E-state index in [0.717, 1.165) is 0 Å². The third-order valence-electron chi connectivity index (χ3n) is 1.42. The van der Waals surface area contributed by atoms with E-state index < -0.39 is 8.24 Å². The maximum Gasteiger partial charge on any atom is 0.172 e. The van der Waals surface area contributed by atoms with Crippen LogP contribution in [0.15, 0.2) is 4.66 Å². The van der Waals surface area contributed by atoms with Crippen LogP contribution in [0.2, 0.25) is 19.6 Å². The molecule has 0 N–H and O–H groups in total. The molecule has 0 aliphatic rings. The molecule has 0 heterocycles. The molecule has 0 aromatic heterocycles. The standard InChI is InChI=1S/C9H21NSi/c1-6-7-8-9(2)10-11(3,4)5/h6-8H2,1-5H3/b10-9+. The molecule has 0 fully saturated rings. The van der Waals surface area contributed by atoms with Gasteiger partial charge >= 0.3 is 0 Å². The predicted molar refractivity (Wildman–Crippen MR) is 56.0 cm³/mol. The molecule has 0 unspecified atom stereocenters. The molecule has 0 spiro atoms. The second kappa shape index (κ2) is 4.70. The Balaban J connectivity index is 3.81. The molecule has 0 rings (SSSR count). The van der Waals surface area contributed by atoms with Crippen molar-refractivity contribution in [2.75, 3.05) is 0 Å². The van der Waals surface area contributed by atoms with Crippen molar-refractivity contribution in [1.29, 1.82) is 0 Å². The van der Waals surface area contributed by atoms with E-state index in [-0.39, 0.29) is 0 Å². The number of hydrogen-bond acceptors (Lipinski definition) is 1. The van der Waals surface area contributed by atoms with Crippen LogP contribution in [0.25, 0.3) is 0 Å². The summed E-state index contributed by atoms with van der Waals surface area (Å²) in [5.74, 6) is 0. The zero-order chi connectivity index (χ0) is 8.91. The number of unbranched alkanes of at least 4 members (excludes halogenated alkanes) is 1. The summed E-state index contributed by atoms with van der Waals surface area (Å²) in [6, 6.07) is 0. The first-order valence-electron chi connectivity index (χ1n) is 4.51. The summed E-state index contributed by atoms with van der Waals surface area (Å²) in [6.07, 6.45) is 3.76. The van der Waals surface area contributed by atoms with Crippen LogP contribution in [0.1, 0.15) is 33.1 Å². The molecule has 0 amide bonds. The molecular weight excluding hydrogens is 150 g/mol. The Bertz CT molecular complexity index is 133. The summed E-state index contributed by atoms with van der Waals surface area (Å²) >= 11 is 0. The summed E-state index contributed by atoms with van der Waals surface area (Å²) in [4.78, 5) is 0. The van der Waals surface area contributed by atoms with Gasteiger partial charge in [0.15, 0.2) is 8.24 Å². The number of rotatable bonds is 4. The van der Waals surface area contributed by atoms with Crippen LogP contribution in [0.4, 0.5) is 0 Å². The molecule has 66 valence electrons. The fourth-order valence-electron chi connectivity index (χ4n) is 1.06. The molecule has 0 radical (unpaired) electrons. The Morgan fingerprint density at radius 3 is 2.18 bits per heavy atom. The molecule has 0 bridgehead atoms. The monoisotopic (exact) mass is 171 g/mol. The molecule has 0 saturated carbocycles. The molecule has 0 atom stereocenters. The van der Waals surface area contributed by atoms with E-state index in [4.69, 9.17) is 4.66 Å².